The molecule has 2 N–H and O–H groups in total. The average molecular weight is 269 g/mol. The van der Waals surface area contributed by atoms with Crippen molar-refractivity contribution in [3.63, 3.8) is 0 Å². The van der Waals surface area contributed by atoms with Crippen LogP contribution in [0.5, 0.6) is 5.75 Å². The number of hydrogen-bond donors (Lipinski definition) is 2. The second-order valence-corrected chi connectivity index (χ2v) is 4.79. The minimum Gasteiger partial charge on any atom is -0.492 e. The van der Waals surface area contributed by atoms with E-state index in [1.807, 2.05) is 6.92 Å². The lowest BCUT2D eigenvalue weighted by Crippen LogP contribution is -2.32. The predicted molar refractivity (Wildman–Crippen MR) is 76.2 cm³/mol. The molecule has 1 aromatic rings. The van der Waals surface area contributed by atoms with Gasteiger partial charge in [-0.1, -0.05) is 13.8 Å². The number of aliphatic hydroxyl groups is 1. The van der Waals surface area contributed by atoms with Crippen molar-refractivity contribution in [2.45, 2.75) is 33.6 Å². The summed E-state index contributed by atoms with van der Waals surface area (Å²) in [5.41, 5.74) is 0.626. The number of rotatable bonds is 8. The fraction of sp³-hybridized carbons (Fsp3) is 0.600. The maximum Gasteiger partial charge on any atom is 0.145 e. The maximum absolute atomic E-state index is 13.2. The summed E-state index contributed by atoms with van der Waals surface area (Å²) in [5, 5.41) is 12.8. The lowest BCUT2D eigenvalue weighted by atomic mass is 9.83. The van der Waals surface area contributed by atoms with Gasteiger partial charge in [0.1, 0.15) is 11.6 Å². The largest absolute Gasteiger partial charge is 0.492 e. The summed E-state index contributed by atoms with van der Waals surface area (Å²) in [7, 11) is 0. The van der Waals surface area contributed by atoms with Crippen LogP contribution >= 0.6 is 0 Å². The van der Waals surface area contributed by atoms with Gasteiger partial charge in [-0.25, -0.2) is 4.39 Å². The third-order valence-corrected chi connectivity index (χ3v) is 3.73. The SMILES string of the molecule is CCOc1cc(F)ccc1NCC(CC)(CC)CO. The van der Waals surface area contributed by atoms with Crippen LogP contribution in [0, 0.1) is 11.2 Å². The van der Waals surface area contributed by atoms with Crippen LogP contribution in [0.4, 0.5) is 10.1 Å². The van der Waals surface area contributed by atoms with Crippen molar-refractivity contribution in [3.05, 3.63) is 24.0 Å². The van der Waals surface area contributed by atoms with Crippen molar-refractivity contribution in [1.29, 1.82) is 0 Å². The van der Waals surface area contributed by atoms with Crippen LogP contribution in [0.3, 0.4) is 0 Å². The normalized spacial score (nSPS) is 11.4. The lowest BCUT2D eigenvalue weighted by molar-refractivity contribution is 0.127. The Labute approximate surface area is 114 Å². The molecule has 0 aliphatic rings. The molecule has 0 heterocycles. The maximum atomic E-state index is 13.2. The van der Waals surface area contributed by atoms with E-state index in [0.717, 1.165) is 18.5 Å². The minimum atomic E-state index is -0.312. The zero-order valence-electron chi connectivity index (χ0n) is 12.0. The van der Waals surface area contributed by atoms with Crippen molar-refractivity contribution in [2.24, 2.45) is 5.41 Å². The number of benzene rings is 1. The van der Waals surface area contributed by atoms with Crippen molar-refractivity contribution in [1.82, 2.24) is 0 Å². The second kappa shape index (κ2) is 7.34. The zero-order chi connectivity index (χ0) is 14.3. The standard InChI is InChI=1S/C15H24FNO2/c1-4-15(5-2,11-18)10-17-13-8-7-12(16)9-14(13)19-6-3/h7-9,17-18H,4-6,10-11H2,1-3H3. The molecule has 0 saturated carbocycles. The van der Waals surface area contributed by atoms with Gasteiger partial charge in [-0.05, 0) is 31.9 Å². The van der Waals surface area contributed by atoms with Crippen LogP contribution in [0.1, 0.15) is 33.6 Å². The second-order valence-electron chi connectivity index (χ2n) is 4.79. The Bertz CT molecular complexity index is 383. The summed E-state index contributed by atoms with van der Waals surface area (Å²) >= 11 is 0. The number of aliphatic hydroxyl groups excluding tert-OH is 1. The van der Waals surface area contributed by atoms with Gasteiger partial charge < -0.3 is 15.2 Å². The number of halogens is 1. The minimum absolute atomic E-state index is 0.137. The van der Waals surface area contributed by atoms with Crippen LogP contribution in [-0.2, 0) is 0 Å². The van der Waals surface area contributed by atoms with E-state index in [2.05, 4.69) is 19.2 Å². The van der Waals surface area contributed by atoms with E-state index >= 15 is 0 Å². The van der Waals surface area contributed by atoms with Gasteiger partial charge in [-0.3, -0.25) is 0 Å². The molecule has 108 valence electrons. The molecule has 0 radical (unpaired) electrons. The van der Waals surface area contributed by atoms with E-state index in [1.54, 1.807) is 6.07 Å². The quantitative estimate of drug-likeness (QED) is 0.759. The summed E-state index contributed by atoms with van der Waals surface area (Å²) in [5.74, 6) is 0.204. The highest BCUT2D eigenvalue weighted by Gasteiger charge is 2.25. The summed E-state index contributed by atoms with van der Waals surface area (Å²) < 4.78 is 18.6. The highest BCUT2D eigenvalue weighted by Crippen LogP contribution is 2.30. The summed E-state index contributed by atoms with van der Waals surface area (Å²) in [4.78, 5) is 0. The molecule has 0 aliphatic heterocycles. The van der Waals surface area contributed by atoms with Crippen LogP contribution in [0.2, 0.25) is 0 Å². The number of hydrogen-bond acceptors (Lipinski definition) is 3. The molecular weight excluding hydrogens is 245 g/mol. The molecule has 0 atom stereocenters. The van der Waals surface area contributed by atoms with Crippen LogP contribution in [0.25, 0.3) is 0 Å². The van der Waals surface area contributed by atoms with Gasteiger partial charge in [0.05, 0.1) is 18.9 Å². The van der Waals surface area contributed by atoms with Crippen LogP contribution < -0.4 is 10.1 Å². The number of anilines is 1. The van der Waals surface area contributed by atoms with Gasteiger partial charge >= 0.3 is 0 Å². The number of ether oxygens (including phenoxy) is 1. The first kappa shape index (κ1) is 15.8. The molecule has 0 saturated heterocycles. The first-order chi connectivity index (χ1) is 9.10. The highest BCUT2D eigenvalue weighted by atomic mass is 19.1. The molecular formula is C15H24FNO2. The molecule has 4 heteroatoms. The van der Waals surface area contributed by atoms with Crippen LogP contribution in [-0.4, -0.2) is 24.9 Å². The fourth-order valence-corrected chi connectivity index (χ4v) is 1.98. The highest BCUT2D eigenvalue weighted by molar-refractivity contribution is 5.56. The van der Waals surface area contributed by atoms with E-state index < -0.39 is 0 Å². The van der Waals surface area contributed by atoms with E-state index in [4.69, 9.17) is 4.74 Å². The predicted octanol–water partition coefficient (Wildman–Crippen LogP) is 3.44. The fourth-order valence-electron chi connectivity index (χ4n) is 1.98. The molecule has 0 amide bonds. The van der Waals surface area contributed by atoms with Crippen LogP contribution in [0.15, 0.2) is 18.2 Å². The Hall–Kier alpha value is -1.29. The summed E-state index contributed by atoms with van der Waals surface area (Å²) in [6.45, 7) is 7.26. The first-order valence-corrected chi connectivity index (χ1v) is 6.88. The Morgan fingerprint density at radius 1 is 1.26 bits per heavy atom. The molecule has 0 unspecified atom stereocenters. The van der Waals surface area contributed by atoms with Gasteiger partial charge in [0.15, 0.2) is 0 Å². The lowest BCUT2D eigenvalue weighted by Gasteiger charge is -2.30. The molecule has 1 aromatic carbocycles. The van der Waals surface area contributed by atoms with Crippen molar-refractivity contribution < 1.29 is 14.2 Å². The zero-order valence-corrected chi connectivity index (χ0v) is 12.0. The van der Waals surface area contributed by atoms with Crippen molar-refractivity contribution >= 4 is 5.69 Å². The Kier molecular flexibility index (Phi) is 6.09. The van der Waals surface area contributed by atoms with Crippen molar-refractivity contribution in [2.75, 3.05) is 25.1 Å². The van der Waals surface area contributed by atoms with E-state index in [0.29, 0.717) is 18.9 Å². The van der Waals surface area contributed by atoms with Crippen molar-refractivity contribution in [3.8, 4) is 5.75 Å². The van der Waals surface area contributed by atoms with Gasteiger partial charge in [0.2, 0.25) is 0 Å². The topological polar surface area (TPSA) is 41.5 Å². The molecule has 0 bridgehead atoms. The smallest absolute Gasteiger partial charge is 0.145 e. The third-order valence-electron chi connectivity index (χ3n) is 3.73. The van der Waals surface area contributed by atoms with Gasteiger partial charge in [0, 0.05) is 18.0 Å². The monoisotopic (exact) mass is 269 g/mol. The molecule has 0 spiro atoms. The summed E-state index contributed by atoms with van der Waals surface area (Å²) in [6, 6.07) is 4.46. The Morgan fingerprint density at radius 3 is 2.47 bits per heavy atom. The Balaban J connectivity index is 2.81. The van der Waals surface area contributed by atoms with Gasteiger partial charge in [-0.15, -0.1) is 0 Å². The first-order valence-electron chi connectivity index (χ1n) is 6.88. The van der Waals surface area contributed by atoms with E-state index in [-0.39, 0.29) is 17.8 Å². The molecule has 19 heavy (non-hydrogen) atoms. The average Bonchev–Trinajstić information content (AvgIpc) is 2.43. The Morgan fingerprint density at radius 2 is 1.95 bits per heavy atom. The molecule has 3 nitrogen and oxygen atoms in total. The molecule has 0 fully saturated rings. The molecule has 0 aliphatic carbocycles. The molecule has 1 rings (SSSR count). The third kappa shape index (κ3) is 4.10. The van der Waals surface area contributed by atoms with E-state index in [9.17, 15) is 9.50 Å². The molecule has 0 aromatic heterocycles. The summed E-state index contributed by atoms with van der Waals surface area (Å²) in [6.07, 6.45) is 1.77. The number of nitrogens with one attached hydrogen (secondary N) is 1. The van der Waals surface area contributed by atoms with Gasteiger partial charge in [0.25, 0.3) is 0 Å². The van der Waals surface area contributed by atoms with Gasteiger partial charge in [-0.2, -0.15) is 0 Å². The van der Waals surface area contributed by atoms with E-state index in [1.165, 1.54) is 12.1 Å².